The van der Waals surface area contributed by atoms with Crippen LogP contribution in [0.15, 0.2) is 24.5 Å². The highest BCUT2D eigenvalue weighted by molar-refractivity contribution is 14.1. The molecule has 0 spiro atoms. The molecule has 0 aliphatic carbocycles. The number of anilines is 2. The predicted octanol–water partition coefficient (Wildman–Crippen LogP) is 1.76. The van der Waals surface area contributed by atoms with E-state index in [1.807, 2.05) is 6.07 Å². The monoisotopic (exact) mass is 377 g/mol. The Balaban J connectivity index is 2.03. The first kappa shape index (κ1) is 13.1. The molecule has 0 fully saturated rings. The number of hydrogen-bond donors (Lipinski definition) is 2. The minimum Gasteiger partial charge on any atom is -0.367 e. The molecule has 0 aliphatic rings. The lowest BCUT2D eigenvalue weighted by Gasteiger charge is -2.07. The summed E-state index contributed by atoms with van der Waals surface area (Å²) in [5.74, 6) is -0.113. The SMILES string of the molecule is Nc1ncn(CC(=O)Nc2ccc(I)cc2Cl)n1. The Kier molecular flexibility index (Phi) is 4.02. The van der Waals surface area contributed by atoms with Crippen LogP contribution in [0.25, 0.3) is 0 Å². The fraction of sp³-hybridized carbons (Fsp3) is 0.100. The van der Waals surface area contributed by atoms with Crippen LogP contribution in [0.1, 0.15) is 0 Å². The van der Waals surface area contributed by atoms with Crippen molar-refractivity contribution in [2.45, 2.75) is 6.54 Å². The van der Waals surface area contributed by atoms with Crippen molar-refractivity contribution in [2.75, 3.05) is 11.1 Å². The molecule has 0 bridgehead atoms. The molecule has 8 heteroatoms. The molecule has 1 aromatic carbocycles. The third kappa shape index (κ3) is 3.33. The molecule has 0 radical (unpaired) electrons. The molecule has 0 aliphatic heterocycles. The lowest BCUT2D eigenvalue weighted by Crippen LogP contribution is -2.19. The molecule has 3 N–H and O–H groups in total. The summed E-state index contributed by atoms with van der Waals surface area (Å²) in [5, 5.41) is 7.00. The average molecular weight is 378 g/mol. The zero-order valence-electron chi connectivity index (χ0n) is 9.10. The maximum atomic E-state index is 11.7. The van der Waals surface area contributed by atoms with Crippen LogP contribution in [0.5, 0.6) is 0 Å². The van der Waals surface area contributed by atoms with E-state index in [2.05, 4.69) is 38.0 Å². The maximum Gasteiger partial charge on any atom is 0.246 e. The van der Waals surface area contributed by atoms with Crippen molar-refractivity contribution in [3.05, 3.63) is 33.1 Å². The van der Waals surface area contributed by atoms with Crippen LogP contribution in [-0.4, -0.2) is 20.7 Å². The molecule has 0 saturated heterocycles. The number of nitrogens with zero attached hydrogens (tertiary/aromatic N) is 3. The van der Waals surface area contributed by atoms with E-state index in [1.54, 1.807) is 12.1 Å². The van der Waals surface area contributed by atoms with E-state index in [0.29, 0.717) is 10.7 Å². The number of benzene rings is 1. The normalized spacial score (nSPS) is 10.3. The van der Waals surface area contributed by atoms with Crippen molar-refractivity contribution in [2.24, 2.45) is 0 Å². The van der Waals surface area contributed by atoms with Gasteiger partial charge in [0.1, 0.15) is 12.9 Å². The van der Waals surface area contributed by atoms with E-state index in [1.165, 1.54) is 11.0 Å². The van der Waals surface area contributed by atoms with Gasteiger partial charge in [0.2, 0.25) is 11.9 Å². The summed E-state index contributed by atoms with van der Waals surface area (Å²) in [6.07, 6.45) is 1.39. The van der Waals surface area contributed by atoms with Gasteiger partial charge in [0.15, 0.2) is 0 Å². The van der Waals surface area contributed by atoms with Crippen LogP contribution in [0.2, 0.25) is 5.02 Å². The van der Waals surface area contributed by atoms with Gasteiger partial charge in [0.25, 0.3) is 0 Å². The number of carbonyl (C=O) groups is 1. The Hall–Kier alpha value is -1.35. The first-order valence-electron chi connectivity index (χ1n) is 4.94. The molecule has 0 saturated carbocycles. The highest BCUT2D eigenvalue weighted by Crippen LogP contribution is 2.23. The van der Waals surface area contributed by atoms with Crippen LogP contribution < -0.4 is 11.1 Å². The molecule has 1 heterocycles. The van der Waals surface area contributed by atoms with Crippen molar-refractivity contribution < 1.29 is 4.79 Å². The molecule has 0 atom stereocenters. The fourth-order valence-corrected chi connectivity index (χ4v) is 2.22. The number of amides is 1. The van der Waals surface area contributed by atoms with E-state index in [4.69, 9.17) is 17.3 Å². The summed E-state index contributed by atoms with van der Waals surface area (Å²) in [6.45, 7) is 0.0342. The second-order valence-electron chi connectivity index (χ2n) is 3.47. The van der Waals surface area contributed by atoms with Crippen molar-refractivity contribution in [1.29, 1.82) is 0 Å². The van der Waals surface area contributed by atoms with E-state index in [0.717, 1.165) is 3.57 Å². The number of nitrogen functional groups attached to an aromatic ring is 1. The highest BCUT2D eigenvalue weighted by Gasteiger charge is 2.08. The third-order valence-electron chi connectivity index (χ3n) is 2.07. The van der Waals surface area contributed by atoms with Gasteiger partial charge in [-0.3, -0.25) is 4.79 Å². The van der Waals surface area contributed by atoms with Gasteiger partial charge in [-0.15, -0.1) is 5.10 Å². The summed E-state index contributed by atoms with van der Waals surface area (Å²) < 4.78 is 2.35. The Morgan fingerprint density at radius 3 is 2.94 bits per heavy atom. The van der Waals surface area contributed by atoms with Gasteiger partial charge < -0.3 is 11.1 Å². The molecule has 1 aromatic heterocycles. The van der Waals surface area contributed by atoms with Gasteiger partial charge in [0, 0.05) is 3.57 Å². The van der Waals surface area contributed by atoms with Crippen molar-refractivity contribution >= 4 is 51.7 Å². The molecular weight excluding hydrogens is 369 g/mol. The highest BCUT2D eigenvalue weighted by atomic mass is 127. The molecule has 2 aromatic rings. The van der Waals surface area contributed by atoms with Gasteiger partial charge in [-0.2, -0.15) is 0 Å². The first-order chi connectivity index (χ1) is 8.54. The van der Waals surface area contributed by atoms with Crippen LogP contribution in [0.3, 0.4) is 0 Å². The number of nitrogens with two attached hydrogens (primary N) is 1. The van der Waals surface area contributed by atoms with Crippen LogP contribution in [0.4, 0.5) is 11.6 Å². The Morgan fingerprint density at radius 2 is 2.33 bits per heavy atom. The smallest absolute Gasteiger partial charge is 0.246 e. The quantitative estimate of drug-likeness (QED) is 0.798. The molecule has 6 nitrogen and oxygen atoms in total. The maximum absolute atomic E-state index is 11.7. The molecule has 0 unspecified atom stereocenters. The summed E-state index contributed by atoms with van der Waals surface area (Å²) in [5.41, 5.74) is 5.92. The van der Waals surface area contributed by atoms with E-state index in [9.17, 15) is 4.79 Å². The van der Waals surface area contributed by atoms with Gasteiger partial charge in [-0.1, -0.05) is 11.6 Å². The zero-order valence-corrected chi connectivity index (χ0v) is 12.0. The minimum atomic E-state index is -0.247. The number of nitrogens with one attached hydrogen (secondary N) is 1. The second-order valence-corrected chi connectivity index (χ2v) is 5.13. The van der Waals surface area contributed by atoms with Gasteiger partial charge >= 0.3 is 0 Å². The first-order valence-corrected chi connectivity index (χ1v) is 6.40. The largest absolute Gasteiger partial charge is 0.367 e. The van der Waals surface area contributed by atoms with E-state index < -0.39 is 0 Å². The van der Waals surface area contributed by atoms with Crippen molar-refractivity contribution in [3.8, 4) is 0 Å². The van der Waals surface area contributed by atoms with Gasteiger partial charge in [0.05, 0.1) is 10.7 Å². The standard InChI is InChI=1S/C10H9ClIN5O/c11-7-3-6(12)1-2-8(7)15-9(18)4-17-5-14-10(13)16-17/h1-3,5H,4H2,(H2,13,16)(H,15,18). The molecule has 1 amide bonds. The van der Waals surface area contributed by atoms with Crippen LogP contribution >= 0.6 is 34.2 Å². The number of aromatic nitrogens is 3. The Morgan fingerprint density at radius 1 is 1.56 bits per heavy atom. The Labute approximate surface area is 122 Å². The number of halogens is 2. The van der Waals surface area contributed by atoms with Crippen LogP contribution in [-0.2, 0) is 11.3 Å². The number of rotatable bonds is 3. The number of hydrogen-bond acceptors (Lipinski definition) is 4. The number of carbonyl (C=O) groups excluding carboxylic acids is 1. The summed E-state index contributed by atoms with van der Waals surface area (Å²) >= 11 is 8.15. The molecule has 2 rings (SSSR count). The van der Waals surface area contributed by atoms with Crippen LogP contribution in [0, 0.1) is 3.57 Å². The van der Waals surface area contributed by atoms with E-state index in [-0.39, 0.29) is 18.4 Å². The van der Waals surface area contributed by atoms with Crippen molar-refractivity contribution in [3.63, 3.8) is 0 Å². The van der Waals surface area contributed by atoms with Crippen molar-refractivity contribution in [1.82, 2.24) is 14.8 Å². The molecule has 94 valence electrons. The van der Waals surface area contributed by atoms with Gasteiger partial charge in [-0.05, 0) is 40.8 Å². The fourth-order valence-electron chi connectivity index (χ4n) is 1.31. The zero-order chi connectivity index (χ0) is 13.1. The predicted molar refractivity (Wildman–Crippen MR) is 77.2 cm³/mol. The lowest BCUT2D eigenvalue weighted by atomic mass is 10.3. The third-order valence-corrected chi connectivity index (χ3v) is 3.05. The summed E-state index contributed by atoms with van der Waals surface area (Å²) in [4.78, 5) is 15.5. The summed E-state index contributed by atoms with van der Waals surface area (Å²) in [6, 6.07) is 5.37. The summed E-state index contributed by atoms with van der Waals surface area (Å²) in [7, 11) is 0. The minimum absolute atomic E-state index is 0.0342. The second kappa shape index (κ2) is 5.53. The van der Waals surface area contributed by atoms with E-state index >= 15 is 0 Å². The molecular formula is C10H9ClIN5O. The molecule has 18 heavy (non-hydrogen) atoms. The van der Waals surface area contributed by atoms with Gasteiger partial charge in [-0.25, -0.2) is 9.67 Å². The topological polar surface area (TPSA) is 85.8 Å². The lowest BCUT2D eigenvalue weighted by molar-refractivity contribution is -0.116. The Bertz CT molecular complexity index is 585. The average Bonchev–Trinajstić information content (AvgIpc) is 2.68.